The lowest BCUT2D eigenvalue weighted by Gasteiger charge is -2.21. The third-order valence-electron chi connectivity index (χ3n) is 4.59. The van der Waals surface area contributed by atoms with Crippen molar-refractivity contribution in [3.8, 4) is 17.6 Å². The van der Waals surface area contributed by atoms with Crippen LogP contribution in [0.5, 0.6) is 11.5 Å². The molecule has 0 aromatic heterocycles. The molecular formula is C19H29NO2. The molecule has 3 heteroatoms. The van der Waals surface area contributed by atoms with Crippen LogP contribution in [-0.2, 0) is 6.42 Å². The zero-order valence-corrected chi connectivity index (χ0v) is 14.9. The maximum absolute atomic E-state index is 8.63. The predicted molar refractivity (Wildman–Crippen MR) is 90.7 cm³/mol. The molecule has 0 radical (unpaired) electrons. The van der Waals surface area contributed by atoms with Crippen molar-refractivity contribution in [2.45, 2.75) is 59.8 Å². The third-order valence-corrected chi connectivity index (χ3v) is 4.59. The molecular weight excluding hydrogens is 274 g/mol. The van der Waals surface area contributed by atoms with Crippen LogP contribution in [0.2, 0.25) is 0 Å². The smallest absolute Gasteiger partial charge is 0.125 e. The van der Waals surface area contributed by atoms with E-state index in [1.807, 2.05) is 0 Å². The van der Waals surface area contributed by atoms with Crippen LogP contribution >= 0.6 is 0 Å². The largest absolute Gasteiger partial charge is 0.496 e. The SMILES string of the molecule is COc1c(C)c(C)c(OC)c(CCC(C)CCCC#N)c1C. The molecule has 22 heavy (non-hydrogen) atoms. The fraction of sp³-hybridized carbons (Fsp3) is 0.632. The van der Waals surface area contributed by atoms with E-state index in [4.69, 9.17) is 14.7 Å². The Hall–Kier alpha value is -1.69. The van der Waals surface area contributed by atoms with Gasteiger partial charge in [-0.2, -0.15) is 5.26 Å². The maximum atomic E-state index is 8.63. The van der Waals surface area contributed by atoms with Crippen molar-refractivity contribution in [2.75, 3.05) is 14.2 Å². The van der Waals surface area contributed by atoms with Crippen molar-refractivity contribution in [3.63, 3.8) is 0 Å². The van der Waals surface area contributed by atoms with E-state index >= 15 is 0 Å². The van der Waals surface area contributed by atoms with Gasteiger partial charge in [-0.3, -0.25) is 0 Å². The van der Waals surface area contributed by atoms with E-state index < -0.39 is 0 Å². The lowest BCUT2D eigenvalue weighted by molar-refractivity contribution is 0.387. The van der Waals surface area contributed by atoms with Gasteiger partial charge in [-0.15, -0.1) is 0 Å². The van der Waals surface area contributed by atoms with E-state index in [2.05, 4.69) is 33.8 Å². The highest BCUT2D eigenvalue weighted by Crippen LogP contribution is 2.38. The zero-order valence-electron chi connectivity index (χ0n) is 14.9. The molecule has 0 amide bonds. The first kappa shape index (κ1) is 18.4. The van der Waals surface area contributed by atoms with Crippen LogP contribution in [0.4, 0.5) is 0 Å². The second-order valence-corrected chi connectivity index (χ2v) is 6.11. The summed E-state index contributed by atoms with van der Waals surface area (Å²) >= 11 is 0. The van der Waals surface area contributed by atoms with Crippen LogP contribution in [0, 0.1) is 38.0 Å². The quantitative estimate of drug-likeness (QED) is 0.642. The Morgan fingerprint density at radius 1 is 0.955 bits per heavy atom. The summed E-state index contributed by atoms with van der Waals surface area (Å²) in [6.07, 6.45) is 4.85. The third kappa shape index (κ3) is 4.16. The van der Waals surface area contributed by atoms with Crippen molar-refractivity contribution in [2.24, 2.45) is 5.92 Å². The molecule has 3 nitrogen and oxygen atoms in total. The van der Waals surface area contributed by atoms with Gasteiger partial charge in [-0.1, -0.05) is 6.92 Å². The molecule has 1 rings (SSSR count). The van der Waals surface area contributed by atoms with E-state index in [0.717, 1.165) is 48.3 Å². The Morgan fingerprint density at radius 3 is 2.09 bits per heavy atom. The Bertz CT molecular complexity index is 544. The highest BCUT2D eigenvalue weighted by atomic mass is 16.5. The first-order valence-corrected chi connectivity index (χ1v) is 8.05. The molecule has 1 aromatic rings. The highest BCUT2D eigenvalue weighted by Gasteiger charge is 2.19. The van der Waals surface area contributed by atoms with Gasteiger partial charge in [-0.25, -0.2) is 0 Å². The second-order valence-electron chi connectivity index (χ2n) is 6.11. The van der Waals surface area contributed by atoms with Gasteiger partial charge in [0.1, 0.15) is 11.5 Å². The average molecular weight is 303 g/mol. The van der Waals surface area contributed by atoms with Gasteiger partial charge in [0.15, 0.2) is 0 Å². The summed E-state index contributed by atoms with van der Waals surface area (Å²) < 4.78 is 11.3. The zero-order chi connectivity index (χ0) is 16.7. The Balaban J connectivity index is 2.94. The van der Waals surface area contributed by atoms with E-state index in [-0.39, 0.29) is 0 Å². The topological polar surface area (TPSA) is 42.2 Å². The highest BCUT2D eigenvalue weighted by molar-refractivity contribution is 5.58. The second kappa shape index (κ2) is 8.68. The number of benzene rings is 1. The Morgan fingerprint density at radius 2 is 1.55 bits per heavy atom. The molecule has 0 aliphatic heterocycles. The van der Waals surface area contributed by atoms with E-state index in [0.29, 0.717) is 12.3 Å². The van der Waals surface area contributed by atoms with Crippen molar-refractivity contribution in [1.82, 2.24) is 0 Å². The van der Waals surface area contributed by atoms with Gasteiger partial charge in [0.2, 0.25) is 0 Å². The van der Waals surface area contributed by atoms with Gasteiger partial charge in [-0.05, 0) is 69.1 Å². The van der Waals surface area contributed by atoms with Gasteiger partial charge >= 0.3 is 0 Å². The van der Waals surface area contributed by atoms with Crippen molar-refractivity contribution < 1.29 is 9.47 Å². The summed E-state index contributed by atoms with van der Waals surface area (Å²) in [5.41, 5.74) is 4.76. The minimum Gasteiger partial charge on any atom is -0.496 e. The summed E-state index contributed by atoms with van der Waals surface area (Å²) in [6.45, 7) is 8.55. The van der Waals surface area contributed by atoms with Crippen LogP contribution in [0.25, 0.3) is 0 Å². The van der Waals surface area contributed by atoms with Gasteiger partial charge in [0.25, 0.3) is 0 Å². The van der Waals surface area contributed by atoms with Crippen molar-refractivity contribution >= 4 is 0 Å². The number of nitrogens with zero attached hydrogens (tertiary/aromatic N) is 1. The number of hydrogen-bond acceptors (Lipinski definition) is 3. The van der Waals surface area contributed by atoms with Gasteiger partial charge < -0.3 is 9.47 Å². The molecule has 1 atom stereocenters. The number of nitriles is 1. The molecule has 0 aliphatic rings. The lowest BCUT2D eigenvalue weighted by Crippen LogP contribution is -2.06. The number of rotatable bonds is 8. The van der Waals surface area contributed by atoms with E-state index in [9.17, 15) is 0 Å². The molecule has 0 bridgehead atoms. The van der Waals surface area contributed by atoms with Gasteiger partial charge in [0.05, 0.1) is 20.3 Å². The summed E-state index contributed by atoms with van der Waals surface area (Å²) in [5, 5.41) is 8.63. The lowest BCUT2D eigenvalue weighted by atomic mass is 9.90. The molecule has 122 valence electrons. The molecule has 0 heterocycles. The Kier molecular flexibility index (Phi) is 7.24. The van der Waals surface area contributed by atoms with Crippen LogP contribution in [-0.4, -0.2) is 14.2 Å². The monoisotopic (exact) mass is 303 g/mol. The first-order chi connectivity index (χ1) is 10.5. The summed E-state index contributed by atoms with van der Waals surface area (Å²) in [6, 6.07) is 2.22. The van der Waals surface area contributed by atoms with Crippen molar-refractivity contribution in [3.05, 3.63) is 22.3 Å². The van der Waals surface area contributed by atoms with Crippen molar-refractivity contribution in [1.29, 1.82) is 5.26 Å². The Labute approximate surface area is 135 Å². The minimum atomic E-state index is 0.616. The molecule has 0 fully saturated rings. The maximum Gasteiger partial charge on any atom is 0.125 e. The molecule has 0 saturated carbocycles. The molecule has 0 spiro atoms. The van der Waals surface area contributed by atoms with Crippen LogP contribution in [0.15, 0.2) is 0 Å². The fourth-order valence-electron chi connectivity index (χ4n) is 3.10. The normalized spacial score (nSPS) is 11.9. The number of unbranched alkanes of at least 4 members (excludes halogenated alkanes) is 1. The van der Waals surface area contributed by atoms with E-state index in [1.165, 1.54) is 11.1 Å². The standard InChI is InChI=1S/C19H29NO2/c1-13(9-7-8-12-20)10-11-17-16(4)18(21-5)14(2)15(3)19(17)22-6/h13H,7-11H2,1-6H3. The predicted octanol–water partition coefficient (Wildman–Crippen LogP) is 4.89. The first-order valence-electron chi connectivity index (χ1n) is 8.05. The van der Waals surface area contributed by atoms with Gasteiger partial charge in [0, 0.05) is 12.0 Å². The molecule has 0 saturated heterocycles. The average Bonchev–Trinajstić information content (AvgIpc) is 2.50. The number of ether oxygens (including phenoxy) is 2. The molecule has 0 N–H and O–H groups in total. The molecule has 1 unspecified atom stereocenters. The van der Waals surface area contributed by atoms with Crippen LogP contribution < -0.4 is 9.47 Å². The summed E-state index contributed by atoms with van der Waals surface area (Å²) in [7, 11) is 3.48. The fourth-order valence-corrected chi connectivity index (χ4v) is 3.10. The van der Waals surface area contributed by atoms with E-state index in [1.54, 1.807) is 14.2 Å². The minimum absolute atomic E-state index is 0.616. The molecule has 0 aliphatic carbocycles. The summed E-state index contributed by atoms with van der Waals surface area (Å²) in [4.78, 5) is 0. The summed E-state index contributed by atoms with van der Waals surface area (Å²) in [5.74, 6) is 2.59. The van der Waals surface area contributed by atoms with Crippen LogP contribution in [0.1, 0.15) is 54.9 Å². The number of methoxy groups -OCH3 is 2. The number of hydrogen-bond donors (Lipinski definition) is 0. The molecule has 1 aromatic carbocycles. The van der Waals surface area contributed by atoms with Crippen LogP contribution in [0.3, 0.4) is 0 Å².